The van der Waals surface area contributed by atoms with Gasteiger partial charge in [-0.2, -0.15) is 0 Å². The Balaban J connectivity index is 2.41. The second-order valence-electron chi connectivity index (χ2n) is 4.63. The van der Waals surface area contributed by atoms with Gasteiger partial charge in [0.15, 0.2) is 13.1 Å². The van der Waals surface area contributed by atoms with Crippen molar-refractivity contribution in [3.05, 3.63) is 20.2 Å². The van der Waals surface area contributed by atoms with Crippen molar-refractivity contribution >= 4 is 23.6 Å². The van der Waals surface area contributed by atoms with E-state index in [0.29, 0.717) is 0 Å². The molecule has 0 aromatic carbocycles. The summed E-state index contributed by atoms with van der Waals surface area (Å²) in [6, 6.07) is -0.573. The molecule has 0 bridgehead atoms. The van der Waals surface area contributed by atoms with Gasteiger partial charge in [-0.25, -0.2) is 0 Å². The minimum atomic E-state index is -2.29. The van der Waals surface area contributed by atoms with E-state index >= 15 is 0 Å². The highest BCUT2D eigenvalue weighted by atomic mass is 32.2. The first-order valence-electron chi connectivity index (χ1n) is 6.18. The first-order chi connectivity index (χ1) is 10.3. The predicted molar refractivity (Wildman–Crippen MR) is 75.5 cm³/mol. The van der Waals surface area contributed by atoms with Crippen LogP contribution < -0.4 is 5.32 Å². The smallest absolute Gasteiger partial charge is 0.468 e. The molecule has 1 rings (SSSR count). The van der Waals surface area contributed by atoms with E-state index in [9.17, 15) is 29.8 Å². The first-order valence-corrected chi connectivity index (χ1v) is 7.33. The monoisotopic (exact) mass is 336 g/mol. The van der Waals surface area contributed by atoms with Crippen molar-refractivity contribution < 1.29 is 24.2 Å². The molecule has 12 heteroatoms. The van der Waals surface area contributed by atoms with Gasteiger partial charge >= 0.3 is 11.6 Å². The van der Waals surface area contributed by atoms with E-state index in [-0.39, 0.29) is 11.5 Å². The molecule has 1 atom stereocenters. The molecule has 0 aliphatic carbocycles. The van der Waals surface area contributed by atoms with Gasteiger partial charge in [0.25, 0.3) is 0 Å². The van der Waals surface area contributed by atoms with Crippen LogP contribution in [-0.2, 0) is 14.3 Å². The lowest BCUT2D eigenvalue weighted by Crippen LogP contribution is -2.71. The zero-order chi connectivity index (χ0) is 16.9. The molecule has 1 unspecified atom stereocenters. The molecule has 1 heterocycles. The minimum Gasteiger partial charge on any atom is -0.468 e. The first kappa shape index (κ1) is 18.1. The average molecular weight is 336 g/mol. The van der Waals surface area contributed by atoms with E-state index in [1.54, 1.807) is 7.05 Å². The quantitative estimate of drug-likeness (QED) is 0.244. The normalized spacial score (nSPS) is 17.3. The summed E-state index contributed by atoms with van der Waals surface area (Å²) in [5.74, 6) is -0.657. The maximum atomic E-state index is 11.8. The third-order valence-electron chi connectivity index (χ3n) is 3.26. The van der Waals surface area contributed by atoms with Crippen LogP contribution in [0.15, 0.2) is 0 Å². The fourth-order valence-corrected chi connectivity index (χ4v) is 2.82. The molecule has 0 saturated carbocycles. The number of ether oxygens (including phenoxy) is 1. The average Bonchev–Trinajstić information content (AvgIpc) is 2.40. The van der Waals surface area contributed by atoms with E-state index in [4.69, 9.17) is 0 Å². The van der Waals surface area contributed by atoms with Crippen molar-refractivity contribution in [2.24, 2.45) is 0 Å². The highest BCUT2D eigenvalue weighted by Gasteiger charge is 2.67. The number of nitro groups is 2. The summed E-state index contributed by atoms with van der Waals surface area (Å²) < 4.78 is 4.56. The number of likely N-dealkylation sites (tertiary alicyclic amines) is 1. The Labute approximate surface area is 129 Å². The lowest BCUT2D eigenvalue weighted by atomic mass is 10.0. The van der Waals surface area contributed by atoms with Gasteiger partial charge in [0.2, 0.25) is 5.91 Å². The molecular formula is C10H16N4O7S. The van der Waals surface area contributed by atoms with E-state index in [1.165, 1.54) is 7.11 Å². The Morgan fingerprint density at radius 2 is 1.91 bits per heavy atom. The molecule has 1 fully saturated rings. The van der Waals surface area contributed by atoms with Gasteiger partial charge in [-0.3, -0.25) is 29.8 Å². The number of hydrogen-bond donors (Lipinski definition) is 1. The third kappa shape index (κ3) is 3.62. The number of hydrogen-bond acceptors (Lipinski definition) is 9. The summed E-state index contributed by atoms with van der Waals surface area (Å²) in [7, 11) is 2.82. The molecular weight excluding hydrogens is 320 g/mol. The van der Waals surface area contributed by atoms with Crippen LogP contribution in [0.5, 0.6) is 0 Å². The van der Waals surface area contributed by atoms with Crippen molar-refractivity contribution in [3.8, 4) is 0 Å². The summed E-state index contributed by atoms with van der Waals surface area (Å²) in [4.78, 5) is 43.7. The van der Waals surface area contributed by atoms with E-state index < -0.39 is 46.5 Å². The Kier molecular flexibility index (Phi) is 6.05. The maximum absolute atomic E-state index is 11.8. The lowest BCUT2D eigenvalue weighted by Gasteiger charge is -2.36. The Morgan fingerprint density at radius 3 is 2.32 bits per heavy atom. The Hall–Kier alpha value is -1.95. The molecule has 11 nitrogen and oxygen atoms in total. The Morgan fingerprint density at radius 1 is 1.36 bits per heavy atom. The molecule has 124 valence electrons. The third-order valence-corrected chi connectivity index (χ3v) is 4.28. The fraction of sp³-hybridized carbons (Fsp3) is 0.800. The van der Waals surface area contributed by atoms with Gasteiger partial charge in [-0.15, -0.1) is 11.8 Å². The molecule has 1 aliphatic heterocycles. The van der Waals surface area contributed by atoms with E-state index in [1.807, 2.05) is 0 Å². The van der Waals surface area contributed by atoms with Crippen LogP contribution >= 0.6 is 11.8 Å². The van der Waals surface area contributed by atoms with Crippen molar-refractivity contribution in [2.45, 2.75) is 11.7 Å². The topological polar surface area (TPSA) is 145 Å². The van der Waals surface area contributed by atoms with Crippen LogP contribution in [-0.4, -0.2) is 77.1 Å². The maximum Gasteiger partial charge on any atom is 0.492 e. The van der Waals surface area contributed by atoms with Crippen LogP contribution in [0.3, 0.4) is 0 Å². The van der Waals surface area contributed by atoms with Crippen molar-refractivity contribution in [1.82, 2.24) is 10.2 Å². The number of methoxy groups -OCH3 is 1. The van der Waals surface area contributed by atoms with Crippen LogP contribution in [0.4, 0.5) is 0 Å². The number of amides is 1. The SMILES string of the molecule is CNC(CSCC(=O)N1CC([N+](=O)[O-])([N+](=O)[O-])C1)C(=O)OC. The summed E-state index contributed by atoms with van der Waals surface area (Å²) in [6.07, 6.45) is 0. The number of likely N-dealkylation sites (N-methyl/N-ethyl adjacent to an activating group) is 1. The largest absolute Gasteiger partial charge is 0.492 e. The number of nitrogens with one attached hydrogen (secondary N) is 1. The number of carbonyl (C=O) groups is 2. The second-order valence-corrected chi connectivity index (χ2v) is 5.66. The highest BCUT2D eigenvalue weighted by molar-refractivity contribution is 8.00. The summed E-state index contributed by atoms with van der Waals surface area (Å²) in [5.41, 5.74) is -2.29. The molecule has 1 N–H and O–H groups in total. The molecule has 22 heavy (non-hydrogen) atoms. The fourth-order valence-electron chi connectivity index (χ4n) is 1.81. The van der Waals surface area contributed by atoms with Crippen molar-refractivity contribution in [1.29, 1.82) is 0 Å². The van der Waals surface area contributed by atoms with Crippen LogP contribution in [0.1, 0.15) is 0 Å². The zero-order valence-corrected chi connectivity index (χ0v) is 12.8. The molecule has 0 aromatic heterocycles. The van der Waals surface area contributed by atoms with Crippen molar-refractivity contribution in [2.75, 3.05) is 38.8 Å². The standard InChI is InChI=1S/C10H16N4O7S/c1-11-7(9(16)21-2)3-22-4-8(15)12-5-10(6-12,13(17)18)14(19)20/h7,11H,3-6H2,1-2H3. The van der Waals surface area contributed by atoms with Crippen LogP contribution in [0.25, 0.3) is 0 Å². The number of rotatable bonds is 8. The second kappa shape index (κ2) is 7.35. The van der Waals surface area contributed by atoms with Gasteiger partial charge in [0.05, 0.1) is 12.9 Å². The van der Waals surface area contributed by atoms with Crippen molar-refractivity contribution in [3.63, 3.8) is 0 Å². The minimum absolute atomic E-state index is 0.0271. The Bertz CT molecular complexity index is 464. The lowest BCUT2D eigenvalue weighted by molar-refractivity contribution is -0.809. The summed E-state index contributed by atoms with van der Waals surface area (Å²) in [5, 5.41) is 24.2. The number of nitrogens with zero attached hydrogens (tertiary/aromatic N) is 3. The molecule has 0 radical (unpaired) electrons. The van der Waals surface area contributed by atoms with Gasteiger partial charge < -0.3 is 15.0 Å². The molecule has 0 spiro atoms. The summed E-state index contributed by atoms with van der Waals surface area (Å²) >= 11 is 1.14. The summed E-state index contributed by atoms with van der Waals surface area (Å²) in [6.45, 7) is -1.09. The molecule has 1 saturated heterocycles. The zero-order valence-electron chi connectivity index (χ0n) is 12.0. The van der Waals surface area contributed by atoms with E-state index in [2.05, 4.69) is 10.1 Å². The molecule has 0 aromatic rings. The van der Waals surface area contributed by atoms with Crippen LogP contribution in [0, 0.1) is 20.2 Å². The number of thioether (sulfide) groups is 1. The van der Waals surface area contributed by atoms with Gasteiger partial charge in [0, 0.05) is 5.75 Å². The molecule has 1 amide bonds. The van der Waals surface area contributed by atoms with E-state index in [0.717, 1.165) is 16.7 Å². The predicted octanol–water partition coefficient (Wildman–Crippen LogP) is -1.43. The van der Waals surface area contributed by atoms with Gasteiger partial charge in [-0.05, 0) is 7.05 Å². The number of esters is 1. The van der Waals surface area contributed by atoms with Gasteiger partial charge in [-0.1, -0.05) is 0 Å². The van der Waals surface area contributed by atoms with Crippen LogP contribution in [0.2, 0.25) is 0 Å². The highest BCUT2D eigenvalue weighted by Crippen LogP contribution is 2.25. The number of carbonyl (C=O) groups excluding carboxylic acids is 2. The van der Waals surface area contributed by atoms with Gasteiger partial charge in [0.1, 0.15) is 15.9 Å². The molecule has 1 aliphatic rings.